The first-order chi connectivity index (χ1) is 26.4. The van der Waals surface area contributed by atoms with Crippen LogP contribution in [0.2, 0.25) is 0 Å². The summed E-state index contributed by atoms with van der Waals surface area (Å²) >= 11 is 0. The Labute approximate surface area is 317 Å². The molecule has 0 radical (unpaired) electrons. The Kier molecular flexibility index (Phi) is 12.0. The highest BCUT2D eigenvalue weighted by molar-refractivity contribution is 6.05. The van der Waals surface area contributed by atoms with Gasteiger partial charge in [0.15, 0.2) is 0 Å². The lowest BCUT2D eigenvalue weighted by Crippen LogP contribution is -2.52. The maximum atomic E-state index is 13.0. The SMILES string of the molecule is O=C1CCC(N2Cc3cc(NCCCN4CCN(CCOc5ccc(/C=C(/CCc6ccc(O)cc6)c6ccccc6)cc5)CC4)ccc3C2=O)C(=O)N1. The van der Waals surface area contributed by atoms with E-state index >= 15 is 0 Å². The summed E-state index contributed by atoms with van der Waals surface area (Å²) in [4.78, 5) is 43.4. The van der Waals surface area contributed by atoms with Crippen LogP contribution in [0, 0.1) is 0 Å². The summed E-state index contributed by atoms with van der Waals surface area (Å²) < 4.78 is 6.14. The number of aromatic hydroxyl groups is 1. The molecule has 2 saturated heterocycles. The van der Waals surface area contributed by atoms with Crippen molar-refractivity contribution in [1.29, 1.82) is 0 Å². The molecule has 3 heterocycles. The van der Waals surface area contributed by atoms with Crippen LogP contribution in [0.1, 0.15) is 58.3 Å². The fourth-order valence-electron chi connectivity index (χ4n) is 7.50. The number of hydrogen-bond acceptors (Lipinski definition) is 8. The van der Waals surface area contributed by atoms with Crippen molar-refractivity contribution in [2.45, 2.75) is 44.7 Å². The van der Waals surface area contributed by atoms with Crippen LogP contribution >= 0.6 is 0 Å². The number of rotatable bonds is 15. The van der Waals surface area contributed by atoms with Crippen LogP contribution < -0.4 is 15.4 Å². The van der Waals surface area contributed by atoms with Crippen molar-refractivity contribution in [3.8, 4) is 11.5 Å². The van der Waals surface area contributed by atoms with Gasteiger partial charge in [0.2, 0.25) is 11.8 Å². The minimum absolute atomic E-state index is 0.146. The monoisotopic (exact) mass is 727 g/mol. The van der Waals surface area contributed by atoms with Crippen molar-refractivity contribution in [3.05, 3.63) is 125 Å². The summed E-state index contributed by atoms with van der Waals surface area (Å²) in [6.45, 7) is 7.91. The van der Waals surface area contributed by atoms with Gasteiger partial charge in [0.1, 0.15) is 24.1 Å². The molecule has 0 aromatic heterocycles. The standard InChI is InChI=1S/C44H49N5O5/c50-38-14-8-32(9-15-38)7-12-35(34-5-2-1-3-6-34)29-33-10-16-39(17-11-33)54-28-27-48-25-23-47(24-26-48)22-4-21-45-37-13-18-40-36(30-37)31-49(44(40)53)41-19-20-42(51)46-43(41)52/h1-3,5-6,8-11,13-18,29-30,41,45,50H,4,7,12,19-28,31H2,(H,46,51,52)/b35-29-. The van der Waals surface area contributed by atoms with E-state index in [2.05, 4.69) is 75.0 Å². The molecule has 4 aromatic rings. The Morgan fingerprint density at radius 3 is 2.35 bits per heavy atom. The van der Waals surface area contributed by atoms with Crippen LogP contribution in [0.3, 0.4) is 0 Å². The first-order valence-electron chi connectivity index (χ1n) is 19.1. The molecule has 2 fully saturated rings. The number of piperazine rings is 1. The van der Waals surface area contributed by atoms with Crippen LogP contribution in [0.25, 0.3) is 11.6 Å². The number of piperidine rings is 1. The predicted molar refractivity (Wildman–Crippen MR) is 211 cm³/mol. The van der Waals surface area contributed by atoms with Gasteiger partial charge in [-0.3, -0.25) is 24.6 Å². The van der Waals surface area contributed by atoms with Gasteiger partial charge in [-0.2, -0.15) is 0 Å². The third kappa shape index (κ3) is 9.55. The summed E-state index contributed by atoms with van der Waals surface area (Å²) in [5, 5.41) is 15.5. The molecule has 0 spiro atoms. The number of anilines is 1. The van der Waals surface area contributed by atoms with Crippen molar-refractivity contribution < 1.29 is 24.2 Å². The summed E-state index contributed by atoms with van der Waals surface area (Å²) in [5.41, 5.74) is 7.34. The van der Waals surface area contributed by atoms with E-state index in [1.54, 1.807) is 17.0 Å². The maximum Gasteiger partial charge on any atom is 0.255 e. The molecule has 280 valence electrons. The molecule has 1 atom stereocenters. The van der Waals surface area contributed by atoms with Gasteiger partial charge >= 0.3 is 0 Å². The molecule has 3 aliphatic heterocycles. The van der Waals surface area contributed by atoms with Crippen molar-refractivity contribution in [2.24, 2.45) is 0 Å². The van der Waals surface area contributed by atoms with E-state index in [1.165, 1.54) is 16.7 Å². The van der Waals surface area contributed by atoms with Gasteiger partial charge in [-0.1, -0.05) is 60.7 Å². The molecule has 10 heteroatoms. The van der Waals surface area contributed by atoms with Crippen molar-refractivity contribution in [2.75, 3.05) is 57.7 Å². The van der Waals surface area contributed by atoms with Gasteiger partial charge in [0, 0.05) is 63.5 Å². The maximum absolute atomic E-state index is 13.0. The molecule has 0 aliphatic carbocycles. The van der Waals surface area contributed by atoms with Crippen molar-refractivity contribution in [1.82, 2.24) is 20.0 Å². The molecule has 0 saturated carbocycles. The number of phenolic OH excluding ortho intramolecular Hbond substituents is 1. The lowest BCUT2D eigenvalue weighted by atomic mass is 9.96. The van der Waals surface area contributed by atoms with Gasteiger partial charge < -0.3 is 25.0 Å². The molecule has 0 bridgehead atoms. The van der Waals surface area contributed by atoms with Gasteiger partial charge in [0.05, 0.1) is 0 Å². The lowest BCUT2D eigenvalue weighted by molar-refractivity contribution is -0.136. The van der Waals surface area contributed by atoms with E-state index in [-0.39, 0.29) is 24.1 Å². The predicted octanol–water partition coefficient (Wildman–Crippen LogP) is 5.83. The Balaban J connectivity index is 0.798. The van der Waals surface area contributed by atoms with Gasteiger partial charge in [-0.15, -0.1) is 0 Å². The lowest BCUT2D eigenvalue weighted by Gasteiger charge is -2.34. The molecule has 1 unspecified atom stereocenters. The number of carbonyl (C=O) groups is 3. The number of phenols is 1. The van der Waals surface area contributed by atoms with Gasteiger partial charge in [-0.25, -0.2) is 0 Å². The second-order valence-electron chi connectivity index (χ2n) is 14.4. The van der Waals surface area contributed by atoms with Gasteiger partial charge in [0.25, 0.3) is 5.91 Å². The summed E-state index contributed by atoms with van der Waals surface area (Å²) in [7, 11) is 0. The first-order valence-corrected chi connectivity index (χ1v) is 19.1. The van der Waals surface area contributed by atoms with E-state index in [4.69, 9.17) is 4.74 Å². The molecule has 3 amide bonds. The molecular formula is C44H49N5O5. The number of aryl methyl sites for hydroxylation is 1. The van der Waals surface area contributed by atoms with Crippen LogP contribution in [0.5, 0.6) is 11.5 Å². The molecule has 3 N–H and O–H groups in total. The highest BCUT2D eigenvalue weighted by Gasteiger charge is 2.39. The number of hydrogen-bond donors (Lipinski definition) is 3. The highest BCUT2D eigenvalue weighted by Crippen LogP contribution is 2.30. The number of ether oxygens (including phenoxy) is 1. The second-order valence-corrected chi connectivity index (χ2v) is 14.4. The number of imide groups is 1. The molecular weight excluding hydrogens is 679 g/mol. The van der Waals surface area contributed by atoms with Crippen molar-refractivity contribution >= 4 is 35.1 Å². The molecule has 4 aromatic carbocycles. The third-order valence-corrected chi connectivity index (χ3v) is 10.6. The van der Waals surface area contributed by atoms with Crippen LogP contribution in [-0.2, 0) is 22.6 Å². The number of carbonyl (C=O) groups excluding carboxylic acids is 3. The van der Waals surface area contributed by atoms with Crippen LogP contribution in [-0.4, -0.2) is 96.0 Å². The molecule has 7 rings (SSSR count). The number of allylic oxidation sites excluding steroid dienone is 1. The molecule has 10 nitrogen and oxygen atoms in total. The van der Waals surface area contributed by atoms with E-state index < -0.39 is 6.04 Å². The number of nitrogens with one attached hydrogen (secondary N) is 2. The second kappa shape index (κ2) is 17.6. The quantitative estimate of drug-likeness (QED) is 0.0798. The smallest absolute Gasteiger partial charge is 0.255 e. The van der Waals surface area contributed by atoms with E-state index in [9.17, 15) is 19.5 Å². The minimum Gasteiger partial charge on any atom is -0.508 e. The summed E-state index contributed by atoms with van der Waals surface area (Å²) in [5.74, 6) is 0.360. The first kappa shape index (κ1) is 36.9. The van der Waals surface area contributed by atoms with Crippen molar-refractivity contribution in [3.63, 3.8) is 0 Å². The Bertz CT molecular complexity index is 1940. The Morgan fingerprint density at radius 1 is 0.870 bits per heavy atom. The number of fused-ring (bicyclic) bond motifs is 1. The number of amides is 3. The highest BCUT2D eigenvalue weighted by atomic mass is 16.5. The van der Waals surface area contributed by atoms with E-state index in [1.807, 2.05) is 36.4 Å². The third-order valence-electron chi connectivity index (χ3n) is 10.6. The molecule has 54 heavy (non-hydrogen) atoms. The fourth-order valence-corrected chi connectivity index (χ4v) is 7.50. The Morgan fingerprint density at radius 2 is 1.61 bits per heavy atom. The average molecular weight is 728 g/mol. The summed E-state index contributed by atoms with van der Waals surface area (Å²) in [6, 6.07) is 31.5. The normalized spacial score (nSPS) is 18.1. The zero-order chi connectivity index (χ0) is 37.3. The number of benzene rings is 4. The minimum atomic E-state index is -0.595. The van der Waals surface area contributed by atoms with Gasteiger partial charge in [-0.05, 0) is 103 Å². The van der Waals surface area contributed by atoms with Crippen LogP contribution in [0.4, 0.5) is 5.69 Å². The number of nitrogens with zero attached hydrogens (tertiary/aromatic N) is 3. The molecule has 3 aliphatic rings. The fraction of sp³-hybridized carbons (Fsp3) is 0.341. The average Bonchev–Trinajstić information content (AvgIpc) is 3.52. The zero-order valence-corrected chi connectivity index (χ0v) is 30.7. The zero-order valence-electron chi connectivity index (χ0n) is 30.7. The van der Waals surface area contributed by atoms with E-state index in [0.29, 0.717) is 30.9 Å². The topological polar surface area (TPSA) is 114 Å². The van der Waals surface area contributed by atoms with Crippen LogP contribution in [0.15, 0.2) is 97.1 Å². The Hall–Kier alpha value is -5.45. The van der Waals surface area contributed by atoms with E-state index in [0.717, 1.165) is 87.6 Å². The summed E-state index contributed by atoms with van der Waals surface area (Å²) in [6.07, 6.45) is 5.68. The largest absolute Gasteiger partial charge is 0.508 e.